The first kappa shape index (κ1) is 14.0. The summed E-state index contributed by atoms with van der Waals surface area (Å²) in [5.74, 6) is -0.101. The average Bonchev–Trinajstić information content (AvgIpc) is 2.14. The van der Waals surface area contributed by atoms with Crippen LogP contribution in [0.25, 0.3) is 0 Å². The van der Waals surface area contributed by atoms with Gasteiger partial charge in [0.15, 0.2) is 0 Å². The molecule has 0 aliphatic rings. The smallest absolute Gasteiger partial charge is 0.251 e. The number of nitrogens with one attached hydrogen (secondary N) is 1. The van der Waals surface area contributed by atoms with Gasteiger partial charge < -0.3 is 5.32 Å². The van der Waals surface area contributed by atoms with E-state index in [9.17, 15) is 4.79 Å². The van der Waals surface area contributed by atoms with E-state index in [1.54, 1.807) is 12.1 Å². The number of aromatic nitrogens is 1. The predicted molar refractivity (Wildman–Crippen MR) is 70.4 cm³/mol. The van der Waals surface area contributed by atoms with Gasteiger partial charge in [0.25, 0.3) is 5.91 Å². The van der Waals surface area contributed by atoms with Gasteiger partial charge >= 0.3 is 0 Å². The van der Waals surface area contributed by atoms with Crippen molar-refractivity contribution >= 4 is 17.5 Å². The van der Waals surface area contributed by atoms with Crippen LogP contribution in [0, 0.1) is 6.92 Å². The summed E-state index contributed by atoms with van der Waals surface area (Å²) in [5, 5.41) is 3.35. The summed E-state index contributed by atoms with van der Waals surface area (Å²) < 4.78 is 0. The molecule has 17 heavy (non-hydrogen) atoms. The fourth-order valence-electron chi connectivity index (χ4n) is 1.83. The summed E-state index contributed by atoms with van der Waals surface area (Å²) >= 11 is 5.84. The van der Waals surface area contributed by atoms with Crippen molar-refractivity contribution in [2.45, 2.75) is 46.1 Å². The van der Waals surface area contributed by atoms with Crippen LogP contribution >= 0.6 is 11.6 Å². The summed E-state index contributed by atoms with van der Waals surface area (Å²) in [5.41, 5.74) is 1.11. The molecule has 1 N–H and O–H groups in total. The molecule has 4 heteroatoms. The fraction of sp³-hybridized carbons (Fsp3) is 0.538. The van der Waals surface area contributed by atoms with Crippen LogP contribution in [0.3, 0.4) is 0 Å². The minimum absolute atomic E-state index is 0.101. The van der Waals surface area contributed by atoms with Crippen LogP contribution in [-0.4, -0.2) is 16.4 Å². The normalized spacial score (nSPS) is 11.4. The number of carbonyl (C=O) groups excluding carboxylic acids is 1. The van der Waals surface area contributed by atoms with Crippen molar-refractivity contribution in [3.63, 3.8) is 0 Å². The van der Waals surface area contributed by atoms with Gasteiger partial charge in [-0.3, -0.25) is 4.79 Å². The minimum Gasteiger partial charge on any atom is -0.347 e. The second-order valence-corrected chi connectivity index (χ2v) is 5.30. The van der Waals surface area contributed by atoms with Crippen LogP contribution in [0.2, 0.25) is 5.15 Å². The Labute approximate surface area is 108 Å². The van der Waals surface area contributed by atoms with E-state index in [1.165, 1.54) is 0 Å². The molecular weight excluding hydrogens is 236 g/mol. The highest BCUT2D eigenvalue weighted by atomic mass is 35.5. The third-order valence-electron chi connectivity index (χ3n) is 2.51. The Hall–Kier alpha value is -1.09. The fourth-order valence-corrected chi connectivity index (χ4v) is 2.08. The van der Waals surface area contributed by atoms with Crippen LogP contribution in [0.4, 0.5) is 0 Å². The summed E-state index contributed by atoms with van der Waals surface area (Å²) in [4.78, 5) is 16.1. The topological polar surface area (TPSA) is 42.0 Å². The number of hydrogen-bond donors (Lipinski definition) is 1. The SMILES string of the molecule is CCCC(C)(C)NC(=O)c1cc(C)nc(Cl)c1. The van der Waals surface area contributed by atoms with Crippen molar-refractivity contribution in [1.82, 2.24) is 10.3 Å². The lowest BCUT2D eigenvalue weighted by Crippen LogP contribution is -2.43. The number of rotatable bonds is 4. The van der Waals surface area contributed by atoms with Gasteiger partial charge in [-0.25, -0.2) is 4.98 Å². The Morgan fingerprint density at radius 3 is 2.65 bits per heavy atom. The third-order valence-corrected chi connectivity index (χ3v) is 2.70. The van der Waals surface area contributed by atoms with Crippen molar-refractivity contribution in [2.24, 2.45) is 0 Å². The zero-order valence-electron chi connectivity index (χ0n) is 10.8. The zero-order chi connectivity index (χ0) is 13.1. The summed E-state index contributed by atoms with van der Waals surface area (Å²) in [6.07, 6.45) is 1.97. The quantitative estimate of drug-likeness (QED) is 0.838. The molecule has 0 saturated carbocycles. The average molecular weight is 255 g/mol. The second kappa shape index (κ2) is 5.50. The van der Waals surface area contributed by atoms with E-state index in [1.807, 2.05) is 20.8 Å². The summed E-state index contributed by atoms with van der Waals surface area (Å²) in [6, 6.07) is 3.33. The van der Waals surface area contributed by atoms with Crippen molar-refractivity contribution in [1.29, 1.82) is 0 Å². The van der Waals surface area contributed by atoms with Gasteiger partial charge in [-0.05, 0) is 39.3 Å². The highest BCUT2D eigenvalue weighted by molar-refractivity contribution is 6.29. The van der Waals surface area contributed by atoms with Crippen LogP contribution in [-0.2, 0) is 0 Å². The second-order valence-electron chi connectivity index (χ2n) is 4.91. The van der Waals surface area contributed by atoms with E-state index in [0.717, 1.165) is 18.5 Å². The Morgan fingerprint density at radius 2 is 2.12 bits per heavy atom. The van der Waals surface area contributed by atoms with Crippen LogP contribution in [0.1, 0.15) is 49.7 Å². The maximum absolute atomic E-state index is 12.0. The number of carbonyl (C=O) groups is 1. The van der Waals surface area contributed by atoms with Gasteiger partial charge in [0, 0.05) is 16.8 Å². The molecule has 0 bridgehead atoms. The molecule has 0 aliphatic carbocycles. The molecule has 1 aromatic rings. The lowest BCUT2D eigenvalue weighted by atomic mass is 9.98. The molecule has 0 radical (unpaired) electrons. The molecule has 3 nitrogen and oxygen atoms in total. The Morgan fingerprint density at radius 1 is 1.47 bits per heavy atom. The van der Waals surface area contributed by atoms with E-state index < -0.39 is 0 Å². The van der Waals surface area contributed by atoms with Gasteiger partial charge in [-0.2, -0.15) is 0 Å². The Kier molecular flexibility index (Phi) is 4.52. The molecule has 0 unspecified atom stereocenters. The first-order valence-corrected chi connectivity index (χ1v) is 6.18. The van der Waals surface area contributed by atoms with Crippen molar-refractivity contribution in [3.8, 4) is 0 Å². The van der Waals surface area contributed by atoms with E-state index in [4.69, 9.17) is 11.6 Å². The number of halogens is 1. The van der Waals surface area contributed by atoms with Crippen molar-refractivity contribution in [3.05, 3.63) is 28.5 Å². The summed E-state index contributed by atoms with van der Waals surface area (Å²) in [6.45, 7) is 7.95. The highest BCUT2D eigenvalue weighted by Gasteiger charge is 2.20. The molecule has 1 amide bonds. The van der Waals surface area contributed by atoms with Gasteiger partial charge in [-0.1, -0.05) is 24.9 Å². The standard InChI is InChI=1S/C13H19ClN2O/c1-5-6-13(3,4)16-12(17)10-7-9(2)15-11(14)8-10/h7-8H,5-6H2,1-4H3,(H,16,17). The van der Waals surface area contributed by atoms with Crippen molar-refractivity contribution < 1.29 is 4.79 Å². The van der Waals surface area contributed by atoms with E-state index in [-0.39, 0.29) is 11.4 Å². The Bertz CT molecular complexity index is 396. The van der Waals surface area contributed by atoms with Gasteiger partial charge in [-0.15, -0.1) is 0 Å². The Balaban J connectivity index is 2.83. The minimum atomic E-state index is -0.199. The first-order chi connectivity index (χ1) is 7.84. The molecule has 0 saturated heterocycles. The molecule has 0 aliphatic heterocycles. The maximum atomic E-state index is 12.0. The largest absolute Gasteiger partial charge is 0.347 e. The number of hydrogen-bond acceptors (Lipinski definition) is 2. The van der Waals surface area contributed by atoms with E-state index >= 15 is 0 Å². The van der Waals surface area contributed by atoms with E-state index in [0.29, 0.717) is 10.7 Å². The molecule has 1 rings (SSSR count). The predicted octanol–water partition coefficient (Wildman–Crippen LogP) is 3.35. The monoisotopic (exact) mass is 254 g/mol. The third kappa shape index (κ3) is 4.35. The number of amides is 1. The lowest BCUT2D eigenvalue weighted by molar-refractivity contribution is 0.0909. The molecule has 1 aromatic heterocycles. The molecule has 0 fully saturated rings. The van der Waals surface area contributed by atoms with Crippen molar-refractivity contribution in [2.75, 3.05) is 0 Å². The summed E-state index contributed by atoms with van der Waals surface area (Å²) in [7, 11) is 0. The van der Waals surface area contributed by atoms with Gasteiger partial charge in [0.1, 0.15) is 5.15 Å². The molecule has 1 heterocycles. The molecule has 0 spiro atoms. The van der Waals surface area contributed by atoms with Crippen LogP contribution in [0.15, 0.2) is 12.1 Å². The number of aryl methyl sites for hydroxylation is 1. The zero-order valence-corrected chi connectivity index (χ0v) is 11.6. The van der Waals surface area contributed by atoms with Crippen LogP contribution < -0.4 is 5.32 Å². The van der Waals surface area contributed by atoms with Gasteiger partial charge in [0.2, 0.25) is 0 Å². The maximum Gasteiger partial charge on any atom is 0.251 e. The van der Waals surface area contributed by atoms with E-state index in [2.05, 4.69) is 17.2 Å². The first-order valence-electron chi connectivity index (χ1n) is 5.81. The number of pyridine rings is 1. The molecule has 94 valence electrons. The lowest BCUT2D eigenvalue weighted by Gasteiger charge is -2.25. The highest BCUT2D eigenvalue weighted by Crippen LogP contribution is 2.14. The molecule has 0 aromatic carbocycles. The number of nitrogens with zero attached hydrogens (tertiary/aromatic N) is 1. The van der Waals surface area contributed by atoms with Gasteiger partial charge in [0.05, 0.1) is 0 Å². The van der Waals surface area contributed by atoms with Crippen LogP contribution in [0.5, 0.6) is 0 Å². The molecular formula is C13H19ClN2O. The molecule has 0 atom stereocenters.